The monoisotopic (exact) mass is 291 g/mol. The minimum atomic E-state index is -0.930. The Morgan fingerprint density at radius 2 is 2.14 bits per heavy atom. The van der Waals surface area contributed by atoms with Crippen molar-refractivity contribution in [3.63, 3.8) is 0 Å². The highest BCUT2D eigenvalue weighted by Gasteiger charge is 2.44. The molecule has 5 nitrogen and oxygen atoms in total. The summed E-state index contributed by atoms with van der Waals surface area (Å²) in [6.07, 6.45) is 0.577. The summed E-state index contributed by atoms with van der Waals surface area (Å²) in [6.45, 7) is 4.40. The number of aliphatic carboxylic acids is 1. The van der Waals surface area contributed by atoms with Crippen LogP contribution in [0.25, 0.3) is 0 Å². The second-order valence-corrected chi connectivity index (χ2v) is 5.35. The van der Waals surface area contributed by atoms with Gasteiger partial charge in [0.1, 0.15) is 0 Å². The van der Waals surface area contributed by atoms with E-state index in [0.717, 1.165) is 11.1 Å². The summed E-state index contributed by atoms with van der Waals surface area (Å²) in [5.41, 5.74) is 1.82. The van der Waals surface area contributed by atoms with E-state index >= 15 is 0 Å². The minimum Gasteiger partial charge on any atom is -0.481 e. The van der Waals surface area contributed by atoms with Gasteiger partial charge in [0.2, 0.25) is 5.91 Å². The molecule has 0 unspecified atom stereocenters. The standard InChI is InChI=1S/C16H21NO4/c1-3-21-14-8-12(14)16(20)17-13(9-15(18)19)11-7-5-4-6-10(11)2/h4-7,12-14H,3,8-9H2,1-2H3,(H,17,20)(H,18,19)/t12-,13+,14-/m1/s1. The van der Waals surface area contributed by atoms with Crippen molar-refractivity contribution in [1.29, 1.82) is 0 Å². The average molecular weight is 291 g/mol. The van der Waals surface area contributed by atoms with Crippen molar-refractivity contribution in [2.75, 3.05) is 6.61 Å². The average Bonchev–Trinajstić information content (AvgIpc) is 3.18. The molecule has 0 saturated heterocycles. The third-order valence-electron chi connectivity index (χ3n) is 3.71. The maximum atomic E-state index is 12.2. The van der Waals surface area contributed by atoms with Gasteiger partial charge in [-0.3, -0.25) is 9.59 Å². The summed E-state index contributed by atoms with van der Waals surface area (Å²) >= 11 is 0. The number of aryl methyl sites for hydroxylation is 1. The van der Waals surface area contributed by atoms with Crippen molar-refractivity contribution < 1.29 is 19.4 Å². The molecule has 0 aromatic heterocycles. The Balaban J connectivity index is 2.06. The highest BCUT2D eigenvalue weighted by molar-refractivity contribution is 5.83. The second kappa shape index (κ2) is 6.72. The number of amides is 1. The molecule has 1 aliphatic carbocycles. The van der Waals surface area contributed by atoms with E-state index in [4.69, 9.17) is 9.84 Å². The summed E-state index contributed by atoms with van der Waals surface area (Å²) in [5, 5.41) is 11.9. The molecule has 2 rings (SSSR count). The SMILES string of the molecule is CCO[C@@H]1C[C@H]1C(=O)N[C@@H](CC(=O)O)c1ccccc1C. The molecule has 1 amide bonds. The fraction of sp³-hybridized carbons (Fsp3) is 0.500. The van der Waals surface area contributed by atoms with Gasteiger partial charge < -0.3 is 15.2 Å². The molecular weight excluding hydrogens is 270 g/mol. The molecule has 0 heterocycles. The Morgan fingerprint density at radius 3 is 2.76 bits per heavy atom. The molecule has 1 aromatic carbocycles. The van der Waals surface area contributed by atoms with E-state index in [0.29, 0.717) is 13.0 Å². The van der Waals surface area contributed by atoms with Crippen LogP contribution in [-0.2, 0) is 14.3 Å². The number of rotatable bonds is 7. The molecule has 21 heavy (non-hydrogen) atoms. The van der Waals surface area contributed by atoms with Crippen molar-refractivity contribution >= 4 is 11.9 Å². The third kappa shape index (κ3) is 4.04. The van der Waals surface area contributed by atoms with E-state index in [9.17, 15) is 9.59 Å². The zero-order valence-corrected chi connectivity index (χ0v) is 12.3. The van der Waals surface area contributed by atoms with Crippen LogP contribution in [0.3, 0.4) is 0 Å². The van der Waals surface area contributed by atoms with Gasteiger partial charge in [-0.25, -0.2) is 0 Å². The molecular formula is C16H21NO4. The zero-order chi connectivity index (χ0) is 15.4. The Labute approximate surface area is 124 Å². The van der Waals surface area contributed by atoms with E-state index in [1.807, 2.05) is 38.1 Å². The van der Waals surface area contributed by atoms with Crippen molar-refractivity contribution in [3.8, 4) is 0 Å². The number of carboxylic acids is 1. The molecule has 1 aromatic rings. The van der Waals surface area contributed by atoms with E-state index in [1.54, 1.807) is 0 Å². The Morgan fingerprint density at radius 1 is 1.43 bits per heavy atom. The van der Waals surface area contributed by atoms with Crippen LogP contribution in [0, 0.1) is 12.8 Å². The van der Waals surface area contributed by atoms with E-state index in [2.05, 4.69) is 5.32 Å². The van der Waals surface area contributed by atoms with E-state index in [-0.39, 0.29) is 24.3 Å². The van der Waals surface area contributed by atoms with Crippen molar-refractivity contribution in [2.24, 2.45) is 5.92 Å². The molecule has 3 atom stereocenters. The molecule has 5 heteroatoms. The summed E-state index contributed by atoms with van der Waals surface area (Å²) in [5.74, 6) is -1.20. The number of ether oxygens (including phenoxy) is 1. The third-order valence-corrected chi connectivity index (χ3v) is 3.71. The van der Waals surface area contributed by atoms with Crippen LogP contribution in [0.15, 0.2) is 24.3 Å². The van der Waals surface area contributed by atoms with Gasteiger partial charge in [0.15, 0.2) is 0 Å². The van der Waals surface area contributed by atoms with Gasteiger partial charge in [0.05, 0.1) is 24.5 Å². The van der Waals surface area contributed by atoms with Crippen LogP contribution in [0.2, 0.25) is 0 Å². The van der Waals surface area contributed by atoms with Crippen molar-refractivity contribution in [1.82, 2.24) is 5.32 Å². The second-order valence-electron chi connectivity index (χ2n) is 5.35. The summed E-state index contributed by atoms with van der Waals surface area (Å²) in [7, 11) is 0. The summed E-state index contributed by atoms with van der Waals surface area (Å²) in [4.78, 5) is 23.2. The smallest absolute Gasteiger partial charge is 0.305 e. The lowest BCUT2D eigenvalue weighted by atomic mass is 9.98. The number of carbonyl (C=O) groups is 2. The normalized spacial score (nSPS) is 21.6. The molecule has 1 saturated carbocycles. The Bertz CT molecular complexity index is 529. The molecule has 114 valence electrons. The van der Waals surface area contributed by atoms with Gasteiger partial charge in [-0.2, -0.15) is 0 Å². The van der Waals surface area contributed by atoms with Crippen molar-refractivity contribution in [3.05, 3.63) is 35.4 Å². The van der Waals surface area contributed by atoms with Crippen LogP contribution < -0.4 is 5.32 Å². The number of hydrogen-bond donors (Lipinski definition) is 2. The number of carboxylic acid groups (broad SMARTS) is 1. The van der Waals surface area contributed by atoms with Crippen LogP contribution in [-0.4, -0.2) is 29.7 Å². The maximum absolute atomic E-state index is 12.2. The predicted molar refractivity (Wildman–Crippen MR) is 77.8 cm³/mol. The maximum Gasteiger partial charge on any atom is 0.305 e. The molecule has 0 spiro atoms. The predicted octanol–water partition coefficient (Wildman–Crippen LogP) is 2.05. The first-order chi connectivity index (χ1) is 10.0. The van der Waals surface area contributed by atoms with Crippen molar-refractivity contribution in [2.45, 2.75) is 38.8 Å². The van der Waals surface area contributed by atoms with Gasteiger partial charge in [-0.1, -0.05) is 24.3 Å². The fourth-order valence-electron chi connectivity index (χ4n) is 2.52. The Hall–Kier alpha value is -1.88. The quantitative estimate of drug-likeness (QED) is 0.806. The molecule has 0 bridgehead atoms. The number of benzene rings is 1. The zero-order valence-electron chi connectivity index (χ0n) is 12.3. The van der Waals surface area contributed by atoms with Crippen LogP contribution in [0.5, 0.6) is 0 Å². The van der Waals surface area contributed by atoms with Gasteiger partial charge in [-0.15, -0.1) is 0 Å². The first-order valence-corrected chi connectivity index (χ1v) is 7.22. The summed E-state index contributed by atoms with van der Waals surface area (Å²) in [6, 6.07) is 7.01. The minimum absolute atomic E-state index is 0.0163. The van der Waals surface area contributed by atoms with E-state index < -0.39 is 12.0 Å². The highest BCUT2D eigenvalue weighted by Crippen LogP contribution is 2.34. The highest BCUT2D eigenvalue weighted by atomic mass is 16.5. The van der Waals surface area contributed by atoms with Gasteiger partial charge in [0, 0.05) is 6.61 Å². The van der Waals surface area contributed by atoms with E-state index in [1.165, 1.54) is 0 Å². The first-order valence-electron chi connectivity index (χ1n) is 7.22. The lowest BCUT2D eigenvalue weighted by Crippen LogP contribution is -2.32. The fourth-order valence-corrected chi connectivity index (χ4v) is 2.52. The molecule has 0 radical (unpaired) electrons. The van der Waals surface area contributed by atoms with Gasteiger partial charge in [-0.05, 0) is 31.4 Å². The number of nitrogens with one attached hydrogen (secondary N) is 1. The van der Waals surface area contributed by atoms with Crippen LogP contribution >= 0.6 is 0 Å². The molecule has 0 aliphatic heterocycles. The Kier molecular flexibility index (Phi) is 4.96. The summed E-state index contributed by atoms with van der Waals surface area (Å²) < 4.78 is 5.40. The lowest BCUT2D eigenvalue weighted by molar-refractivity contribution is -0.137. The van der Waals surface area contributed by atoms with Gasteiger partial charge >= 0.3 is 5.97 Å². The molecule has 1 fully saturated rings. The number of hydrogen-bond acceptors (Lipinski definition) is 3. The molecule has 2 N–H and O–H groups in total. The molecule has 1 aliphatic rings. The largest absolute Gasteiger partial charge is 0.481 e. The van der Waals surface area contributed by atoms with Crippen LogP contribution in [0.4, 0.5) is 0 Å². The number of carbonyl (C=O) groups excluding carboxylic acids is 1. The van der Waals surface area contributed by atoms with Crippen LogP contribution in [0.1, 0.15) is 36.9 Å². The van der Waals surface area contributed by atoms with Gasteiger partial charge in [0.25, 0.3) is 0 Å². The first kappa shape index (κ1) is 15.5. The lowest BCUT2D eigenvalue weighted by Gasteiger charge is -2.19. The topological polar surface area (TPSA) is 75.6 Å².